The Hall–Kier alpha value is -2.23. The first kappa shape index (κ1) is 20.5. The Morgan fingerprint density at radius 3 is 2.46 bits per heavy atom. The quantitative estimate of drug-likeness (QED) is 0.783. The highest BCUT2D eigenvalue weighted by molar-refractivity contribution is 7.92. The molecule has 28 heavy (non-hydrogen) atoms. The van der Waals surface area contributed by atoms with Crippen LogP contribution in [0.4, 0.5) is 14.5 Å². The minimum absolute atomic E-state index is 0.0111. The van der Waals surface area contributed by atoms with Crippen LogP contribution in [0.15, 0.2) is 41.3 Å². The van der Waals surface area contributed by atoms with E-state index in [0.717, 1.165) is 17.7 Å². The van der Waals surface area contributed by atoms with Gasteiger partial charge in [-0.25, -0.2) is 12.8 Å². The van der Waals surface area contributed by atoms with Gasteiger partial charge >= 0.3 is 0 Å². The maximum Gasteiger partial charge on any atom is 0.262 e. The zero-order valence-corrected chi connectivity index (χ0v) is 16.5. The predicted octanol–water partition coefficient (Wildman–Crippen LogP) is 3.60. The molecule has 0 radical (unpaired) electrons. The maximum atomic E-state index is 14.3. The standard InChI is InChI=1S/C19H21F2NO5S/c1-12-4-6-14(7-5-12)28(23,24)22-16-9-8-15(20)17(21)18(16)25-10-13-11-26-19(2,3)27-13/h4-9,13,22H,10-11H2,1-3H3/t13-/m1/s1. The Bertz CT molecular complexity index is 961. The van der Waals surface area contributed by atoms with E-state index in [0.29, 0.717) is 0 Å². The van der Waals surface area contributed by atoms with Gasteiger partial charge in [-0.1, -0.05) is 17.7 Å². The molecule has 3 rings (SSSR count). The summed E-state index contributed by atoms with van der Waals surface area (Å²) in [5, 5.41) is 0. The van der Waals surface area contributed by atoms with Gasteiger partial charge in [0.15, 0.2) is 17.4 Å². The number of halogens is 2. The largest absolute Gasteiger partial charge is 0.485 e. The Morgan fingerprint density at radius 2 is 1.86 bits per heavy atom. The molecule has 9 heteroatoms. The molecule has 0 saturated carbocycles. The summed E-state index contributed by atoms with van der Waals surface area (Å²) < 4.78 is 71.7. The first-order valence-electron chi connectivity index (χ1n) is 8.59. The molecule has 1 atom stereocenters. The molecule has 1 aliphatic rings. The van der Waals surface area contributed by atoms with Crippen LogP contribution in [-0.2, 0) is 19.5 Å². The Morgan fingerprint density at radius 1 is 1.18 bits per heavy atom. The van der Waals surface area contributed by atoms with Crippen molar-refractivity contribution in [3.05, 3.63) is 53.6 Å². The lowest BCUT2D eigenvalue weighted by atomic mass is 10.2. The third-order valence-corrected chi connectivity index (χ3v) is 5.49. The van der Waals surface area contributed by atoms with E-state index in [1.807, 2.05) is 6.92 Å². The van der Waals surface area contributed by atoms with Crippen LogP contribution in [0, 0.1) is 18.6 Å². The van der Waals surface area contributed by atoms with Gasteiger partial charge < -0.3 is 14.2 Å². The predicted molar refractivity (Wildman–Crippen MR) is 98.7 cm³/mol. The number of ether oxygens (including phenoxy) is 3. The van der Waals surface area contributed by atoms with Crippen LogP contribution in [0.3, 0.4) is 0 Å². The average Bonchev–Trinajstić information content (AvgIpc) is 2.97. The van der Waals surface area contributed by atoms with Crippen molar-refractivity contribution >= 4 is 15.7 Å². The summed E-state index contributed by atoms with van der Waals surface area (Å²) in [6.45, 7) is 5.34. The van der Waals surface area contributed by atoms with Crippen LogP contribution in [0.5, 0.6) is 5.75 Å². The van der Waals surface area contributed by atoms with Crippen molar-refractivity contribution in [2.24, 2.45) is 0 Å². The van der Waals surface area contributed by atoms with Gasteiger partial charge in [0.2, 0.25) is 5.82 Å². The monoisotopic (exact) mass is 413 g/mol. The second-order valence-corrected chi connectivity index (χ2v) is 8.60. The van der Waals surface area contributed by atoms with Gasteiger partial charge in [-0.2, -0.15) is 4.39 Å². The van der Waals surface area contributed by atoms with Crippen molar-refractivity contribution in [3.8, 4) is 5.75 Å². The molecule has 0 bridgehead atoms. The molecule has 1 aliphatic heterocycles. The van der Waals surface area contributed by atoms with Crippen molar-refractivity contribution < 1.29 is 31.4 Å². The van der Waals surface area contributed by atoms with E-state index in [4.69, 9.17) is 14.2 Å². The third kappa shape index (κ3) is 4.60. The van der Waals surface area contributed by atoms with E-state index in [9.17, 15) is 17.2 Å². The molecule has 1 heterocycles. The fourth-order valence-corrected chi connectivity index (χ4v) is 3.76. The normalized spacial score (nSPS) is 18.8. The maximum absolute atomic E-state index is 14.3. The van der Waals surface area contributed by atoms with E-state index in [2.05, 4.69) is 4.72 Å². The third-order valence-electron chi connectivity index (χ3n) is 4.11. The molecule has 1 N–H and O–H groups in total. The summed E-state index contributed by atoms with van der Waals surface area (Å²) >= 11 is 0. The number of rotatable bonds is 6. The second kappa shape index (κ2) is 7.65. The number of hydrogen-bond acceptors (Lipinski definition) is 5. The van der Waals surface area contributed by atoms with Crippen molar-refractivity contribution in [1.29, 1.82) is 0 Å². The van der Waals surface area contributed by atoms with Crippen LogP contribution in [0.2, 0.25) is 0 Å². The number of anilines is 1. The number of sulfonamides is 1. The minimum Gasteiger partial charge on any atom is -0.485 e. The average molecular weight is 413 g/mol. The van der Waals surface area contributed by atoms with Crippen LogP contribution in [-0.4, -0.2) is 33.5 Å². The van der Waals surface area contributed by atoms with Gasteiger partial charge in [0.1, 0.15) is 12.7 Å². The van der Waals surface area contributed by atoms with Crippen molar-refractivity contribution in [1.82, 2.24) is 0 Å². The molecule has 1 fully saturated rings. The Labute approximate surface area is 162 Å². The summed E-state index contributed by atoms with van der Waals surface area (Å²) in [5.74, 6) is -3.78. The fourth-order valence-electron chi connectivity index (χ4n) is 2.70. The van der Waals surface area contributed by atoms with Gasteiger partial charge in [-0.3, -0.25) is 4.72 Å². The molecule has 0 unspecified atom stereocenters. The lowest BCUT2D eigenvalue weighted by Crippen LogP contribution is -2.25. The van der Waals surface area contributed by atoms with Crippen molar-refractivity contribution in [3.63, 3.8) is 0 Å². The molecular weight excluding hydrogens is 392 g/mol. The van der Waals surface area contributed by atoms with Gasteiger partial charge in [-0.15, -0.1) is 0 Å². The summed E-state index contributed by atoms with van der Waals surface area (Å²) in [6.07, 6.45) is -0.501. The summed E-state index contributed by atoms with van der Waals surface area (Å²) in [4.78, 5) is -0.0111. The number of hydrogen-bond donors (Lipinski definition) is 1. The second-order valence-electron chi connectivity index (χ2n) is 6.92. The number of benzene rings is 2. The van der Waals surface area contributed by atoms with Gasteiger partial charge in [0.25, 0.3) is 10.0 Å². The van der Waals surface area contributed by atoms with E-state index >= 15 is 0 Å². The summed E-state index contributed by atoms with van der Waals surface area (Å²) in [7, 11) is -4.01. The smallest absolute Gasteiger partial charge is 0.262 e. The molecule has 2 aromatic rings. The first-order chi connectivity index (χ1) is 13.1. The summed E-state index contributed by atoms with van der Waals surface area (Å²) in [5.41, 5.74) is 0.676. The van der Waals surface area contributed by atoms with Crippen molar-refractivity contribution in [2.75, 3.05) is 17.9 Å². The minimum atomic E-state index is -4.01. The molecule has 0 aliphatic carbocycles. The molecular formula is C19H21F2NO5S. The first-order valence-corrected chi connectivity index (χ1v) is 10.1. The topological polar surface area (TPSA) is 73.9 Å². The van der Waals surface area contributed by atoms with Crippen LogP contribution >= 0.6 is 0 Å². The number of aryl methyl sites for hydroxylation is 1. The molecule has 152 valence electrons. The van der Waals surface area contributed by atoms with E-state index in [1.54, 1.807) is 26.0 Å². The molecule has 0 spiro atoms. The van der Waals surface area contributed by atoms with E-state index in [-0.39, 0.29) is 23.8 Å². The molecule has 1 saturated heterocycles. The highest BCUT2D eigenvalue weighted by Crippen LogP contribution is 2.33. The zero-order valence-electron chi connectivity index (χ0n) is 15.7. The van der Waals surface area contributed by atoms with E-state index in [1.165, 1.54) is 12.1 Å². The molecule has 6 nitrogen and oxygen atoms in total. The lowest BCUT2D eigenvalue weighted by molar-refractivity contribution is -0.141. The fraction of sp³-hybridized carbons (Fsp3) is 0.368. The van der Waals surface area contributed by atoms with Crippen LogP contribution in [0.1, 0.15) is 19.4 Å². The zero-order chi connectivity index (χ0) is 20.5. The SMILES string of the molecule is Cc1ccc(S(=O)(=O)Nc2ccc(F)c(F)c2OC[C@@H]2COC(C)(C)O2)cc1. The highest BCUT2D eigenvalue weighted by Gasteiger charge is 2.33. The van der Waals surface area contributed by atoms with Gasteiger partial charge in [0, 0.05) is 0 Å². The van der Waals surface area contributed by atoms with Crippen LogP contribution < -0.4 is 9.46 Å². The lowest BCUT2D eigenvalue weighted by Gasteiger charge is -2.19. The number of nitrogens with one attached hydrogen (secondary N) is 1. The Balaban J connectivity index is 1.83. The Kier molecular flexibility index (Phi) is 5.60. The van der Waals surface area contributed by atoms with Crippen molar-refractivity contribution in [2.45, 2.75) is 37.6 Å². The molecule has 2 aromatic carbocycles. The highest BCUT2D eigenvalue weighted by atomic mass is 32.2. The van der Waals surface area contributed by atoms with Gasteiger partial charge in [0.05, 0.1) is 17.2 Å². The van der Waals surface area contributed by atoms with Crippen LogP contribution in [0.25, 0.3) is 0 Å². The molecule has 0 aromatic heterocycles. The van der Waals surface area contributed by atoms with Gasteiger partial charge in [-0.05, 0) is 45.0 Å². The van der Waals surface area contributed by atoms with E-state index < -0.39 is 39.3 Å². The summed E-state index contributed by atoms with van der Waals surface area (Å²) in [6, 6.07) is 8.05. The molecule has 0 amide bonds.